The standard InChI is InChI=1S/C23H23N3O2/c1-3-17-9-7-8-12-20(17)26-23(28)21-15-19(13-14-24-21)22(27)25-16(2)18-10-5-4-6-11-18/h4-16H,3H2,1-2H3,(H,25,27)(H,26,28). The molecule has 5 heteroatoms. The van der Waals surface area contributed by atoms with E-state index >= 15 is 0 Å². The van der Waals surface area contributed by atoms with Crippen LogP contribution in [-0.2, 0) is 6.42 Å². The molecule has 2 N–H and O–H groups in total. The van der Waals surface area contributed by atoms with Gasteiger partial charge in [-0.15, -0.1) is 0 Å². The molecule has 1 heterocycles. The Labute approximate surface area is 164 Å². The number of amides is 2. The average Bonchev–Trinajstić information content (AvgIpc) is 2.74. The molecule has 1 atom stereocenters. The van der Waals surface area contributed by atoms with Gasteiger partial charge in [0.05, 0.1) is 6.04 Å². The summed E-state index contributed by atoms with van der Waals surface area (Å²) in [4.78, 5) is 29.3. The van der Waals surface area contributed by atoms with Crippen molar-refractivity contribution in [2.24, 2.45) is 0 Å². The quantitative estimate of drug-likeness (QED) is 0.673. The van der Waals surface area contributed by atoms with Crippen LogP contribution in [0.15, 0.2) is 72.9 Å². The molecular weight excluding hydrogens is 350 g/mol. The molecular formula is C23H23N3O2. The second-order valence-electron chi connectivity index (χ2n) is 6.50. The van der Waals surface area contributed by atoms with Crippen molar-refractivity contribution in [3.63, 3.8) is 0 Å². The maximum absolute atomic E-state index is 12.6. The van der Waals surface area contributed by atoms with E-state index in [1.54, 1.807) is 6.07 Å². The van der Waals surface area contributed by atoms with Crippen molar-refractivity contribution in [2.45, 2.75) is 26.3 Å². The highest BCUT2D eigenvalue weighted by Gasteiger charge is 2.15. The minimum atomic E-state index is -0.341. The Morgan fingerprint density at radius 1 is 0.964 bits per heavy atom. The van der Waals surface area contributed by atoms with Crippen LogP contribution in [-0.4, -0.2) is 16.8 Å². The first-order valence-electron chi connectivity index (χ1n) is 9.29. The number of para-hydroxylation sites is 1. The summed E-state index contributed by atoms with van der Waals surface area (Å²) >= 11 is 0. The monoisotopic (exact) mass is 373 g/mol. The molecule has 0 aliphatic rings. The van der Waals surface area contributed by atoms with Gasteiger partial charge in [-0.2, -0.15) is 0 Å². The molecule has 0 aliphatic heterocycles. The van der Waals surface area contributed by atoms with Gasteiger partial charge in [-0.3, -0.25) is 14.6 Å². The third-order valence-electron chi connectivity index (χ3n) is 4.55. The lowest BCUT2D eigenvalue weighted by Gasteiger charge is -2.14. The fraction of sp³-hybridized carbons (Fsp3) is 0.174. The largest absolute Gasteiger partial charge is 0.346 e. The Kier molecular flexibility index (Phi) is 6.17. The van der Waals surface area contributed by atoms with Crippen molar-refractivity contribution >= 4 is 17.5 Å². The molecule has 28 heavy (non-hydrogen) atoms. The van der Waals surface area contributed by atoms with Crippen molar-refractivity contribution in [1.82, 2.24) is 10.3 Å². The second-order valence-corrected chi connectivity index (χ2v) is 6.50. The van der Waals surface area contributed by atoms with E-state index in [0.29, 0.717) is 5.56 Å². The molecule has 0 bridgehead atoms. The van der Waals surface area contributed by atoms with Crippen molar-refractivity contribution in [1.29, 1.82) is 0 Å². The van der Waals surface area contributed by atoms with Crippen LogP contribution in [0.3, 0.4) is 0 Å². The predicted molar refractivity (Wildman–Crippen MR) is 110 cm³/mol. The average molecular weight is 373 g/mol. The molecule has 2 amide bonds. The smallest absolute Gasteiger partial charge is 0.274 e. The lowest BCUT2D eigenvalue weighted by Crippen LogP contribution is -2.27. The molecule has 0 saturated carbocycles. The molecule has 0 fully saturated rings. The molecule has 142 valence electrons. The summed E-state index contributed by atoms with van der Waals surface area (Å²) in [5, 5.41) is 5.83. The zero-order chi connectivity index (χ0) is 19.9. The number of carbonyl (C=O) groups excluding carboxylic acids is 2. The molecule has 3 rings (SSSR count). The van der Waals surface area contributed by atoms with Crippen LogP contribution >= 0.6 is 0 Å². The zero-order valence-corrected chi connectivity index (χ0v) is 16.0. The second kappa shape index (κ2) is 8.95. The molecule has 1 aromatic heterocycles. The van der Waals surface area contributed by atoms with Crippen LogP contribution < -0.4 is 10.6 Å². The number of aromatic nitrogens is 1. The highest BCUT2D eigenvalue weighted by atomic mass is 16.2. The third-order valence-corrected chi connectivity index (χ3v) is 4.55. The topological polar surface area (TPSA) is 71.1 Å². The van der Waals surface area contributed by atoms with Gasteiger partial charge in [0.2, 0.25) is 0 Å². The Bertz CT molecular complexity index is 970. The van der Waals surface area contributed by atoms with Crippen LogP contribution in [0.25, 0.3) is 0 Å². The van der Waals surface area contributed by atoms with E-state index in [1.165, 1.54) is 12.3 Å². The number of hydrogen-bond donors (Lipinski definition) is 2. The van der Waals surface area contributed by atoms with Crippen LogP contribution in [0.1, 0.15) is 51.9 Å². The zero-order valence-electron chi connectivity index (χ0n) is 16.0. The van der Waals surface area contributed by atoms with Gasteiger partial charge in [-0.05, 0) is 42.7 Å². The predicted octanol–water partition coefficient (Wildman–Crippen LogP) is 4.39. The SMILES string of the molecule is CCc1ccccc1NC(=O)c1cc(C(=O)NC(C)c2ccccc2)ccn1. The fourth-order valence-electron chi connectivity index (χ4n) is 2.94. The Morgan fingerprint density at radius 2 is 1.68 bits per heavy atom. The number of aryl methyl sites for hydroxylation is 1. The van der Waals surface area contributed by atoms with Crippen molar-refractivity contribution in [3.8, 4) is 0 Å². The van der Waals surface area contributed by atoms with E-state index in [-0.39, 0.29) is 23.6 Å². The minimum Gasteiger partial charge on any atom is -0.346 e. The summed E-state index contributed by atoms with van der Waals surface area (Å²) in [6.07, 6.45) is 2.28. The highest BCUT2D eigenvalue weighted by molar-refractivity contribution is 6.05. The van der Waals surface area contributed by atoms with E-state index < -0.39 is 0 Å². The van der Waals surface area contributed by atoms with E-state index in [0.717, 1.165) is 23.2 Å². The van der Waals surface area contributed by atoms with Gasteiger partial charge in [-0.25, -0.2) is 0 Å². The highest BCUT2D eigenvalue weighted by Crippen LogP contribution is 2.17. The maximum atomic E-state index is 12.6. The fourth-order valence-corrected chi connectivity index (χ4v) is 2.94. The molecule has 3 aromatic rings. The number of anilines is 1. The van der Waals surface area contributed by atoms with Gasteiger partial charge in [0, 0.05) is 17.4 Å². The van der Waals surface area contributed by atoms with E-state index in [4.69, 9.17) is 0 Å². The maximum Gasteiger partial charge on any atom is 0.274 e. The van der Waals surface area contributed by atoms with Gasteiger partial charge in [0.25, 0.3) is 11.8 Å². The Balaban J connectivity index is 1.72. The van der Waals surface area contributed by atoms with Crippen molar-refractivity contribution in [3.05, 3.63) is 95.3 Å². The van der Waals surface area contributed by atoms with Crippen LogP contribution in [0.5, 0.6) is 0 Å². The lowest BCUT2D eigenvalue weighted by atomic mass is 10.1. The summed E-state index contributed by atoms with van der Waals surface area (Å²) in [6, 6.07) is 20.3. The van der Waals surface area contributed by atoms with E-state index in [2.05, 4.69) is 15.6 Å². The number of rotatable bonds is 6. The first kappa shape index (κ1) is 19.3. The minimum absolute atomic E-state index is 0.143. The van der Waals surface area contributed by atoms with Crippen LogP contribution in [0.4, 0.5) is 5.69 Å². The Morgan fingerprint density at radius 3 is 2.43 bits per heavy atom. The lowest BCUT2D eigenvalue weighted by molar-refractivity contribution is 0.0939. The van der Waals surface area contributed by atoms with Gasteiger partial charge >= 0.3 is 0 Å². The van der Waals surface area contributed by atoms with Gasteiger partial charge in [0.1, 0.15) is 5.69 Å². The molecule has 0 aliphatic carbocycles. The number of benzene rings is 2. The number of carbonyl (C=O) groups is 2. The summed E-state index contributed by atoms with van der Waals surface area (Å²) < 4.78 is 0. The van der Waals surface area contributed by atoms with Gasteiger partial charge < -0.3 is 10.6 Å². The molecule has 2 aromatic carbocycles. The molecule has 0 spiro atoms. The van der Waals surface area contributed by atoms with Gasteiger partial charge in [0.15, 0.2) is 0 Å². The summed E-state index contributed by atoms with van der Waals surface area (Å²) in [5.74, 6) is -0.589. The van der Waals surface area contributed by atoms with Crippen LogP contribution in [0, 0.1) is 0 Å². The van der Waals surface area contributed by atoms with E-state index in [1.807, 2.05) is 68.4 Å². The summed E-state index contributed by atoms with van der Waals surface area (Å²) in [6.45, 7) is 3.95. The summed E-state index contributed by atoms with van der Waals surface area (Å²) in [5.41, 5.74) is 3.41. The van der Waals surface area contributed by atoms with Crippen molar-refractivity contribution in [2.75, 3.05) is 5.32 Å². The first-order chi connectivity index (χ1) is 13.6. The first-order valence-corrected chi connectivity index (χ1v) is 9.29. The van der Waals surface area contributed by atoms with Crippen molar-refractivity contribution < 1.29 is 9.59 Å². The van der Waals surface area contributed by atoms with Crippen LogP contribution in [0.2, 0.25) is 0 Å². The number of pyridine rings is 1. The molecule has 0 saturated heterocycles. The molecule has 0 radical (unpaired) electrons. The third kappa shape index (κ3) is 4.62. The number of hydrogen-bond acceptors (Lipinski definition) is 3. The number of nitrogens with one attached hydrogen (secondary N) is 2. The molecule has 5 nitrogen and oxygen atoms in total. The normalized spacial score (nSPS) is 11.5. The number of nitrogens with zero attached hydrogens (tertiary/aromatic N) is 1. The Hall–Kier alpha value is -3.47. The van der Waals surface area contributed by atoms with Gasteiger partial charge in [-0.1, -0.05) is 55.5 Å². The summed E-state index contributed by atoms with van der Waals surface area (Å²) in [7, 11) is 0. The van der Waals surface area contributed by atoms with E-state index in [9.17, 15) is 9.59 Å². The molecule has 1 unspecified atom stereocenters.